The number of aliphatic imine (C=N–C) groups is 1. The third-order valence-electron chi connectivity index (χ3n) is 5.16. The first-order valence-corrected chi connectivity index (χ1v) is 11.1. The second kappa shape index (κ2) is 13.6. The predicted molar refractivity (Wildman–Crippen MR) is 122 cm³/mol. The van der Waals surface area contributed by atoms with Crippen LogP contribution in [0.1, 0.15) is 38.8 Å². The molecule has 0 aromatic heterocycles. The van der Waals surface area contributed by atoms with Crippen LogP contribution in [0.4, 0.5) is 0 Å². The number of morpholine rings is 1. The first-order chi connectivity index (χ1) is 14.5. The van der Waals surface area contributed by atoms with E-state index < -0.39 is 0 Å². The highest BCUT2D eigenvalue weighted by molar-refractivity contribution is 5.79. The fourth-order valence-electron chi connectivity index (χ4n) is 3.36. The molecule has 7 heteroatoms. The molecule has 0 atom stereocenters. The largest absolute Gasteiger partial charge is 0.379 e. The van der Waals surface area contributed by atoms with E-state index in [1.807, 2.05) is 6.92 Å². The molecule has 7 nitrogen and oxygen atoms in total. The summed E-state index contributed by atoms with van der Waals surface area (Å²) < 4.78 is 16.5. The molecule has 2 rings (SSSR count). The maximum absolute atomic E-state index is 5.68. The zero-order valence-corrected chi connectivity index (χ0v) is 19.2. The highest BCUT2D eigenvalue weighted by Gasteiger charge is 2.28. The molecule has 0 amide bonds. The van der Waals surface area contributed by atoms with Crippen LogP contribution in [0.3, 0.4) is 0 Å². The molecule has 0 aliphatic carbocycles. The van der Waals surface area contributed by atoms with E-state index >= 15 is 0 Å². The SMILES string of the molecule is CCNC(=NCc1cccc(COCCOCC)c1)NCC(C)(C)N1CCOCC1. The van der Waals surface area contributed by atoms with E-state index in [0.29, 0.717) is 26.4 Å². The molecule has 1 aliphatic rings. The average Bonchev–Trinajstić information content (AvgIpc) is 2.76. The molecule has 170 valence electrons. The minimum atomic E-state index is 0.0404. The molecular formula is C23H40N4O3. The molecule has 30 heavy (non-hydrogen) atoms. The lowest BCUT2D eigenvalue weighted by molar-refractivity contribution is -0.00834. The minimum Gasteiger partial charge on any atom is -0.379 e. The Morgan fingerprint density at radius 2 is 1.83 bits per heavy atom. The molecule has 1 heterocycles. The summed E-state index contributed by atoms with van der Waals surface area (Å²) in [5, 5.41) is 6.87. The average molecular weight is 421 g/mol. The zero-order valence-electron chi connectivity index (χ0n) is 19.2. The number of benzene rings is 1. The van der Waals surface area contributed by atoms with Crippen molar-refractivity contribution in [1.82, 2.24) is 15.5 Å². The van der Waals surface area contributed by atoms with Gasteiger partial charge in [-0.25, -0.2) is 4.99 Å². The Balaban J connectivity index is 1.86. The third-order valence-corrected chi connectivity index (χ3v) is 5.16. The van der Waals surface area contributed by atoms with E-state index in [9.17, 15) is 0 Å². The van der Waals surface area contributed by atoms with Gasteiger partial charge in [0.1, 0.15) is 0 Å². The maximum atomic E-state index is 5.68. The Morgan fingerprint density at radius 1 is 1.10 bits per heavy atom. The number of hydrogen-bond acceptors (Lipinski definition) is 5. The fraction of sp³-hybridized carbons (Fsp3) is 0.696. The van der Waals surface area contributed by atoms with Gasteiger partial charge in [-0.1, -0.05) is 24.3 Å². The Kier molecular flexibility index (Phi) is 11.1. The third kappa shape index (κ3) is 9.00. The van der Waals surface area contributed by atoms with Crippen LogP contribution in [0.5, 0.6) is 0 Å². The molecule has 2 N–H and O–H groups in total. The normalized spacial score (nSPS) is 15.9. The van der Waals surface area contributed by atoms with Crippen LogP contribution < -0.4 is 10.6 Å². The van der Waals surface area contributed by atoms with Gasteiger partial charge < -0.3 is 24.8 Å². The Morgan fingerprint density at radius 3 is 2.57 bits per heavy atom. The Labute approximate surface area is 182 Å². The lowest BCUT2D eigenvalue weighted by Crippen LogP contribution is -2.56. The molecule has 0 unspecified atom stereocenters. The van der Waals surface area contributed by atoms with Gasteiger partial charge in [0.2, 0.25) is 0 Å². The van der Waals surface area contributed by atoms with Crippen LogP contribution in [0, 0.1) is 0 Å². The van der Waals surface area contributed by atoms with Crippen molar-refractivity contribution in [2.45, 2.75) is 46.4 Å². The summed E-state index contributed by atoms with van der Waals surface area (Å²) in [6.45, 7) is 17.0. The lowest BCUT2D eigenvalue weighted by Gasteiger charge is -2.41. The van der Waals surface area contributed by atoms with E-state index in [1.165, 1.54) is 5.56 Å². The number of nitrogens with zero attached hydrogens (tertiary/aromatic N) is 2. The number of ether oxygens (including phenoxy) is 3. The van der Waals surface area contributed by atoms with Gasteiger partial charge in [0.15, 0.2) is 5.96 Å². The van der Waals surface area contributed by atoms with Gasteiger partial charge in [0, 0.05) is 38.3 Å². The van der Waals surface area contributed by atoms with Gasteiger partial charge in [-0.3, -0.25) is 4.90 Å². The lowest BCUT2D eigenvalue weighted by atomic mass is 10.0. The van der Waals surface area contributed by atoms with Crippen LogP contribution in [-0.2, 0) is 27.4 Å². The van der Waals surface area contributed by atoms with Crippen molar-refractivity contribution in [3.05, 3.63) is 35.4 Å². The summed E-state index contributed by atoms with van der Waals surface area (Å²) in [6.07, 6.45) is 0. The van der Waals surface area contributed by atoms with E-state index in [0.717, 1.165) is 57.5 Å². The molecule has 1 saturated heterocycles. The van der Waals surface area contributed by atoms with Crippen molar-refractivity contribution >= 4 is 5.96 Å². The monoisotopic (exact) mass is 420 g/mol. The molecule has 0 spiro atoms. The van der Waals surface area contributed by atoms with Gasteiger partial charge >= 0.3 is 0 Å². The topological polar surface area (TPSA) is 67.4 Å². The van der Waals surface area contributed by atoms with E-state index in [-0.39, 0.29) is 5.54 Å². The van der Waals surface area contributed by atoms with Crippen LogP contribution in [-0.4, -0.2) is 75.6 Å². The second-order valence-electron chi connectivity index (χ2n) is 8.03. The molecule has 0 radical (unpaired) electrons. The number of rotatable bonds is 12. The second-order valence-corrected chi connectivity index (χ2v) is 8.03. The Bertz CT molecular complexity index is 631. The minimum absolute atomic E-state index is 0.0404. The van der Waals surface area contributed by atoms with Crippen LogP contribution >= 0.6 is 0 Å². The molecule has 1 aliphatic heterocycles. The Hall–Kier alpha value is -1.67. The summed E-state index contributed by atoms with van der Waals surface area (Å²) in [7, 11) is 0. The van der Waals surface area contributed by atoms with Crippen molar-refractivity contribution in [2.75, 3.05) is 59.2 Å². The smallest absolute Gasteiger partial charge is 0.191 e. The maximum Gasteiger partial charge on any atom is 0.191 e. The van der Waals surface area contributed by atoms with Gasteiger partial charge in [-0.15, -0.1) is 0 Å². The van der Waals surface area contributed by atoms with Gasteiger partial charge in [-0.2, -0.15) is 0 Å². The van der Waals surface area contributed by atoms with Crippen LogP contribution in [0.25, 0.3) is 0 Å². The predicted octanol–water partition coefficient (Wildman–Crippen LogP) is 2.41. The first-order valence-electron chi connectivity index (χ1n) is 11.1. The zero-order chi connectivity index (χ0) is 21.7. The fourth-order valence-corrected chi connectivity index (χ4v) is 3.36. The summed E-state index contributed by atoms with van der Waals surface area (Å²) in [5.74, 6) is 0.845. The van der Waals surface area contributed by atoms with Gasteiger partial charge in [0.25, 0.3) is 0 Å². The number of hydrogen-bond donors (Lipinski definition) is 2. The molecular weight excluding hydrogens is 380 g/mol. The van der Waals surface area contributed by atoms with Crippen molar-refractivity contribution in [3.63, 3.8) is 0 Å². The van der Waals surface area contributed by atoms with Crippen LogP contribution in [0.15, 0.2) is 29.3 Å². The molecule has 0 bridgehead atoms. The van der Waals surface area contributed by atoms with E-state index in [1.54, 1.807) is 0 Å². The molecule has 0 saturated carbocycles. The highest BCUT2D eigenvalue weighted by atomic mass is 16.5. The van der Waals surface area contributed by atoms with Crippen molar-refractivity contribution in [1.29, 1.82) is 0 Å². The standard InChI is InChI=1S/C23H40N4O3/c1-5-24-22(26-19-23(3,4)27-10-12-29-13-11-27)25-17-20-8-7-9-21(16-20)18-30-15-14-28-6-2/h7-9,16H,5-6,10-15,17-19H2,1-4H3,(H2,24,25,26). The van der Waals surface area contributed by atoms with E-state index in [2.05, 4.69) is 60.6 Å². The number of guanidine groups is 1. The van der Waals surface area contributed by atoms with Crippen molar-refractivity contribution in [3.8, 4) is 0 Å². The quantitative estimate of drug-likeness (QED) is 0.308. The van der Waals surface area contributed by atoms with Crippen molar-refractivity contribution < 1.29 is 14.2 Å². The van der Waals surface area contributed by atoms with Crippen molar-refractivity contribution in [2.24, 2.45) is 4.99 Å². The first kappa shape index (κ1) is 24.6. The van der Waals surface area contributed by atoms with Gasteiger partial charge in [0.05, 0.1) is 39.6 Å². The molecule has 1 aromatic carbocycles. The van der Waals surface area contributed by atoms with Gasteiger partial charge in [-0.05, 0) is 38.8 Å². The molecule has 1 aromatic rings. The summed E-state index contributed by atoms with van der Waals surface area (Å²) >= 11 is 0. The summed E-state index contributed by atoms with van der Waals surface area (Å²) in [5.41, 5.74) is 2.37. The van der Waals surface area contributed by atoms with E-state index in [4.69, 9.17) is 19.2 Å². The summed E-state index contributed by atoms with van der Waals surface area (Å²) in [4.78, 5) is 7.26. The van der Waals surface area contributed by atoms with Crippen LogP contribution in [0.2, 0.25) is 0 Å². The molecule has 1 fully saturated rings. The number of nitrogens with one attached hydrogen (secondary N) is 2. The summed E-state index contributed by atoms with van der Waals surface area (Å²) in [6, 6.07) is 8.41. The highest BCUT2D eigenvalue weighted by Crippen LogP contribution is 2.15.